The summed E-state index contributed by atoms with van der Waals surface area (Å²) >= 11 is 0. The molecule has 168 valence electrons. The monoisotopic (exact) mass is 450 g/mol. The third-order valence-corrected chi connectivity index (χ3v) is 5.26. The van der Waals surface area contributed by atoms with Crippen molar-refractivity contribution in [3.05, 3.63) is 101 Å². The maximum Gasteiger partial charge on any atom is 0.387 e. The minimum absolute atomic E-state index is 0.0662. The molecule has 33 heavy (non-hydrogen) atoms. The Morgan fingerprint density at radius 3 is 2.27 bits per heavy atom. The molecule has 0 saturated heterocycles. The standard InChI is InChI=1S/C25H20F2N2O4/c26-25(27)33-19-9-6-16(7-10-19)12-13-28-22(30)18-8-11-20-21(14-18)24(32)29(23(20)31)15-17-4-2-1-3-5-17/h1-11,14,25H,12-13,15H2,(H,28,30). The number of rotatable bonds is 8. The van der Waals surface area contributed by atoms with Crippen LogP contribution in [-0.4, -0.2) is 35.8 Å². The van der Waals surface area contributed by atoms with E-state index in [1.54, 1.807) is 12.1 Å². The maximum absolute atomic E-state index is 12.8. The number of fused-ring (bicyclic) bond motifs is 1. The molecular formula is C25H20F2N2O4. The number of imide groups is 1. The first-order valence-corrected chi connectivity index (χ1v) is 10.3. The molecule has 0 saturated carbocycles. The van der Waals surface area contributed by atoms with Crippen LogP contribution < -0.4 is 10.1 Å². The molecule has 0 unspecified atom stereocenters. The van der Waals surface area contributed by atoms with E-state index in [0.29, 0.717) is 13.0 Å². The highest BCUT2D eigenvalue weighted by molar-refractivity contribution is 6.22. The van der Waals surface area contributed by atoms with Crippen LogP contribution in [0, 0.1) is 0 Å². The summed E-state index contributed by atoms with van der Waals surface area (Å²) < 4.78 is 28.7. The zero-order valence-electron chi connectivity index (χ0n) is 17.5. The molecule has 1 aliphatic rings. The lowest BCUT2D eigenvalue weighted by Gasteiger charge is -2.13. The van der Waals surface area contributed by atoms with E-state index in [1.807, 2.05) is 30.3 Å². The van der Waals surface area contributed by atoms with Crippen molar-refractivity contribution >= 4 is 17.7 Å². The number of nitrogens with zero attached hydrogens (tertiary/aromatic N) is 1. The van der Waals surface area contributed by atoms with Gasteiger partial charge < -0.3 is 10.1 Å². The Kier molecular flexibility index (Phi) is 6.44. The average Bonchev–Trinajstić information content (AvgIpc) is 3.05. The summed E-state index contributed by atoms with van der Waals surface area (Å²) in [7, 11) is 0. The molecule has 0 bridgehead atoms. The van der Waals surface area contributed by atoms with Gasteiger partial charge in [-0.1, -0.05) is 42.5 Å². The number of benzene rings is 3. The number of hydrogen-bond donors (Lipinski definition) is 1. The Bertz CT molecular complexity index is 1180. The molecule has 1 heterocycles. The summed E-state index contributed by atoms with van der Waals surface area (Å²) in [4.78, 5) is 39.2. The topological polar surface area (TPSA) is 75.7 Å². The van der Waals surface area contributed by atoms with Crippen LogP contribution >= 0.6 is 0 Å². The Labute approximate surface area is 188 Å². The Hall–Kier alpha value is -4.07. The summed E-state index contributed by atoms with van der Waals surface area (Å²) in [6.45, 7) is -2.41. The van der Waals surface area contributed by atoms with Gasteiger partial charge in [0.25, 0.3) is 17.7 Å². The lowest BCUT2D eigenvalue weighted by atomic mass is 10.1. The fourth-order valence-electron chi connectivity index (χ4n) is 3.60. The van der Waals surface area contributed by atoms with Crippen molar-refractivity contribution in [1.82, 2.24) is 10.2 Å². The predicted octanol–water partition coefficient (Wildman–Crippen LogP) is 4.06. The highest BCUT2D eigenvalue weighted by Gasteiger charge is 2.35. The zero-order valence-corrected chi connectivity index (χ0v) is 17.5. The first-order valence-electron chi connectivity index (χ1n) is 10.3. The van der Waals surface area contributed by atoms with Crippen molar-refractivity contribution in [2.75, 3.05) is 6.54 Å². The van der Waals surface area contributed by atoms with Gasteiger partial charge in [0.2, 0.25) is 0 Å². The van der Waals surface area contributed by atoms with Crippen molar-refractivity contribution < 1.29 is 27.9 Å². The van der Waals surface area contributed by atoms with Gasteiger partial charge in [0.15, 0.2) is 0 Å². The van der Waals surface area contributed by atoms with Gasteiger partial charge in [-0.15, -0.1) is 0 Å². The number of amides is 3. The molecule has 6 nitrogen and oxygen atoms in total. The van der Waals surface area contributed by atoms with Gasteiger partial charge in [-0.2, -0.15) is 8.78 Å². The van der Waals surface area contributed by atoms with E-state index in [1.165, 1.54) is 35.2 Å². The molecular weight excluding hydrogens is 430 g/mol. The number of ether oxygens (including phenoxy) is 1. The van der Waals surface area contributed by atoms with Gasteiger partial charge in [0.05, 0.1) is 17.7 Å². The Morgan fingerprint density at radius 1 is 0.879 bits per heavy atom. The number of halogens is 2. The maximum atomic E-state index is 12.8. The quantitative estimate of drug-likeness (QED) is 0.526. The second kappa shape index (κ2) is 9.60. The summed E-state index contributed by atoms with van der Waals surface area (Å²) in [6, 6.07) is 19.8. The van der Waals surface area contributed by atoms with Crippen LogP contribution in [0.4, 0.5) is 8.78 Å². The molecule has 8 heteroatoms. The van der Waals surface area contributed by atoms with Crippen molar-refractivity contribution in [2.24, 2.45) is 0 Å². The molecule has 0 radical (unpaired) electrons. The fraction of sp³-hybridized carbons (Fsp3) is 0.160. The minimum atomic E-state index is -2.88. The third kappa shape index (κ3) is 5.06. The normalized spacial score (nSPS) is 12.8. The summed E-state index contributed by atoms with van der Waals surface area (Å²) in [5, 5.41) is 2.76. The molecule has 1 N–H and O–H groups in total. The van der Waals surface area contributed by atoms with Crippen LogP contribution in [0.2, 0.25) is 0 Å². The second-order valence-corrected chi connectivity index (χ2v) is 7.47. The molecule has 4 rings (SSSR count). The molecule has 0 spiro atoms. The van der Waals surface area contributed by atoms with Crippen molar-refractivity contribution in [2.45, 2.75) is 19.6 Å². The third-order valence-electron chi connectivity index (χ3n) is 5.26. The van der Waals surface area contributed by atoms with E-state index in [4.69, 9.17) is 0 Å². The van der Waals surface area contributed by atoms with Gasteiger partial charge in [0, 0.05) is 12.1 Å². The largest absolute Gasteiger partial charge is 0.435 e. The van der Waals surface area contributed by atoms with Gasteiger partial charge >= 0.3 is 6.61 Å². The van der Waals surface area contributed by atoms with Crippen LogP contribution in [0.3, 0.4) is 0 Å². The van der Waals surface area contributed by atoms with E-state index in [0.717, 1.165) is 11.1 Å². The first-order chi connectivity index (χ1) is 15.9. The number of alkyl halides is 2. The minimum Gasteiger partial charge on any atom is -0.435 e. The van der Waals surface area contributed by atoms with Gasteiger partial charge in [-0.3, -0.25) is 19.3 Å². The number of carbonyl (C=O) groups is 3. The van der Waals surface area contributed by atoms with E-state index in [2.05, 4.69) is 10.1 Å². The fourth-order valence-corrected chi connectivity index (χ4v) is 3.60. The second-order valence-electron chi connectivity index (χ2n) is 7.47. The van der Waals surface area contributed by atoms with E-state index < -0.39 is 12.5 Å². The number of hydrogen-bond acceptors (Lipinski definition) is 4. The summed E-state index contributed by atoms with van der Waals surface area (Å²) in [5.74, 6) is -1.13. The van der Waals surface area contributed by atoms with Crippen molar-refractivity contribution in [3.8, 4) is 5.75 Å². The van der Waals surface area contributed by atoms with Crippen LogP contribution in [-0.2, 0) is 13.0 Å². The van der Waals surface area contributed by atoms with Crippen LogP contribution in [0.1, 0.15) is 42.2 Å². The summed E-state index contributed by atoms with van der Waals surface area (Å²) in [6.07, 6.45) is 0.480. The number of nitrogens with one attached hydrogen (secondary N) is 1. The number of carbonyl (C=O) groups excluding carboxylic acids is 3. The SMILES string of the molecule is O=C(NCCc1ccc(OC(F)F)cc1)c1ccc2c(c1)C(=O)N(Cc1ccccc1)C2=O. The molecule has 0 fully saturated rings. The van der Waals surface area contributed by atoms with Gasteiger partial charge in [-0.05, 0) is 47.9 Å². The smallest absolute Gasteiger partial charge is 0.387 e. The molecule has 0 aromatic heterocycles. The molecule has 3 aromatic rings. The Morgan fingerprint density at radius 2 is 1.58 bits per heavy atom. The predicted molar refractivity (Wildman–Crippen MR) is 116 cm³/mol. The summed E-state index contributed by atoms with van der Waals surface area (Å²) in [5.41, 5.74) is 2.43. The first kappa shape index (κ1) is 22.1. The Balaban J connectivity index is 1.37. The van der Waals surface area contributed by atoms with E-state index in [9.17, 15) is 23.2 Å². The van der Waals surface area contributed by atoms with Crippen molar-refractivity contribution in [3.63, 3.8) is 0 Å². The van der Waals surface area contributed by atoms with Gasteiger partial charge in [0.1, 0.15) is 5.75 Å². The average molecular weight is 450 g/mol. The molecule has 3 aromatic carbocycles. The van der Waals surface area contributed by atoms with Gasteiger partial charge in [-0.25, -0.2) is 0 Å². The van der Waals surface area contributed by atoms with E-state index >= 15 is 0 Å². The molecule has 0 aliphatic carbocycles. The highest BCUT2D eigenvalue weighted by atomic mass is 19.3. The van der Waals surface area contributed by atoms with E-state index in [-0.39, 0.29) is 40.8 Å². The zero-order chi connectivity index (χ0) is 23.4. The molecule has 3 amide bonds. The van der Waals surface area contributed by atoms with Crippen LogP contribution in [0.25, 0.3) is 0 Å². The highest BCUT2D eigenvalue weighted by Crippen LogP contribution is 2.25. The molecule has 0 atom stereocenters. The van der Waals surface area contributed by atoms with Crippen LogP contribution in [0.15, 0.2) is 72.8 Å². The van der Waals surface area contributed by atoms with Crippen LogP contribution in [0.5, 0.6) is 5.75 Å². The lowest BCUT2D eigenvalue weighted by molar-refractivity contribution is -0.0498. The lowest BCUT2D eigenvalue weighted by Crippen LogP contribution is -2.29. The van der Waals surface area contributed by atoms with Crippen molar-refractivity contribution in [1.29, 1.82) is 0 Å². The molecule has 1 aliphatic heterocycles.